The molecule has 1 aromatic rings. The lowest BCUT2D eigenvalue weighted by Gasteiger charge is -2.42. The Kier molecular flexibility index (Phi) is 6.29. The Balaban J connectivity index is 2.27. The Bertz CT molecular complexity index is 545. The second-order valence-corrected chi connectivity index (χ2v) is 5.36. The molecule has 1 saturated heterocycles. The molecule has 0 aromatic heterocycles. The molecule has 0 saturated carbocycles. The highest BCUT2D eigenvalue weighted by Gasteiger charge is 2.44. The summed E-state index contributed by atoms with van der Waals surface area (Å²) < 4.78 is 16.3. The zero-order chi connectivity index (χ0) is 16.7. The van der Waals surface area contributed by atoms with E-state index in [9.17, 15) is 4.79 Å². The third-order valence-electron chi connectivity index (χ3n) is 4.06. The summed E-state index contributed by atoms with van der Waals surface area (Å²) in [5.41, 5.74) is 1.15. The molecule has 0 aliphatic carbocycles. The van der Waals surface area contributed by atoms with Crippen molar-refractivity contribution >= 4 is 5.78 Å². The summed E-state index contributed by atoms with van der Waals surface area (Å²) in [5, 5.41) is 0. The van der Waals surface area contributed by atoms with Crippen molar-refractivity contribution in [2.45, 2.75) is 6.23 Å². The first-order valence-electron chi connectivity index (χ1n) is 7.51. The van der Waals surface area contributed by atoms with Crippen molar-refractivity contribution in [2.24, 2.45) is 0 Å². The van der Waals surface area contributed by atoms with E-state index in [1.807, 2.05) is 18.2 Å². The first kappa shape index (κ1) is 17.6. The zero-order valence-electron chi connectivity index (χ0n) is 13.9. The molecule has 1 heterocycles. The van der Waals surface area contributed by atoms with Crippen LogP contribution in [0.4, 0.5) is 0 Å². The average Bonchev–Trinajstić information content (AvgIpc) is 2.61. The Hall–Kier alpha value is -1.73. The fourth-order valence-corrected chi connectivity index (χ4v) is 2.77. The van der Waals surface area contributed by atoms with Crippen molar-refractivity contribution in [1.82, 2.24) is 0 Å². The van der Waals surface area contributed by atoms with Gasteiger partial charge in [0.25, 0.3) is 0 Å². The van der Waals surface area contributed by atoms with E-state index >= 15 is 0 Å². The lowest BCUT2D eigenvalue weighted by molar-refractivity contribution is -1.13. The van der Waals surface area contributed by atoms with Gasteiger partial charge in [-0.1, -0.05) is 30.3 Å². The van der Waals surface area contributed by atoms with Gasteiger partial charge in [-0.3, -0.25) is 4.79 Å². The second kappa shape index (κ2) is 8.21. The summed E-state index contributed by atoms with van der Waals surface area (Å²) >= 11 is 0. The smallest absolute Gasteiger partial charge is 0.247 e. The van der Waals surface area contributed by atoms with Gasteiger partial charge in [0, 0.05) is 12.7 Å². The van der Waals surface area contributed by atoms with Crippen molar-refractivity contribution in [1.29, 1.82) is 0 Å². The predicted octanol–water partition coefficient (Wildman–Crippen LogP) is 1.78. The number of carbonyl (C=O) groups excluding carboxylic acids is 1. The van der Waals surface area contributed by atoms with Crippen LogP contribution in [0.3, 0.4) is 0 Å². The van der Waals surface area contributed by atoms with E-state index in [-0.39, 0.29) is 16.7 Å². The molecule has 1 fully saturated rings. The number of nitrogens with zero attached hydrogens (tertiary/aromatic N) is 1. The van der Waals surface area contributed by atoms with Gasteiger partial charge in [-0.25, -0.2) is 4.84 Å². The molecule has 0 amide bonds. The van der Waals surface area contributed by atoms with Gasteiger partial charge in [-0.15, -0.1) is 4.65 Å². The summed E-state index contributed by atoms with van der Waals surface area (Å²) in [6.45, 7) is 1.91. The standard InChI is InChI=1S/C17H24NO5/c1-20-12-15(17(19)14-7-5-4-6-8-14)11-18(22-3)9-10-23-13-16(18)21-2/h4-8,12,16H,9-11,13H2,1-3H3/q+1. The van der Waals surface area contributed by atoms with Crippen LogP contribution in [0, 0.1) is 0 Å². The Morgan fingerprint density at radius 3 is 2.65 bits per heavy atom. The summed E-state index contributed by atoms with van der Waals surface area (Å²) in [4.78, 5) is 18.5. The molecule has 2 atom stereocenters. The van der Waals surface area contributed by atoms with Crippen LogP contribution < -0.4 is 0 Å². The van der Waals surface area contributed by atoms with Gasteiger partial charge in [0.2, 0.25) is 6.23 Å². The molecule has 1 aliphatic heterocycles. The van der Waals surface area contributed by atoms with Crippen molar-refractivity contribution < 1.29 is 28.5 Å². The van der Waals surface area contributed by atoms with Crippen LogP contribution in [0.2, 0.25) is 0 Å². The van der Waals surface area contributed by atoms with Crippen molar-refractivity contribution in [2.75, 3.05) is 47.6 Å². The number of ether oxygens (including phenoxy) is 3. The molecule has 2 rings (SSSR count). The summed E-state index contributed by atoms with van der Waals surface area (Å²) in [5.74, 6) is -0.0802. The van der Waals surface area contributed by atoms with E-state index < -0.39 is 0 Å². The monoisotopic (exact) mass is 322 g/mol. The number of Topliss-reactive ketones (excluding diaryl/α,β-unsaturated/α-hetero) is 1. The Morgan fingerprint density at radius 1 is 1.30 bits per heavy atom. The van der Waals surface area contributed by atoms with E-state index in [0.29, 0.717) is 37.4 Å². The van der Waals surface area contributed by atoms with Gasteiger partial charge in [0.05, 0.1) is 32.7 Å². The predicted molar refractivity (Wildman–Crippen MR) is 84.5 cm³/mol. The SMILES string of the molecule is COC=C(C[N+]1(OC)CCOCC1OC)C(=O)c1ccccc1. The minimum atomic E-state index is -0.294. The average molecular weight is 322 g/mol. The molecule has 0 radical (unpaired) electrons. The van der Waals surface area contributed by atoms with Crippen LogP contribution >= 0.6 is 0 Å². The number of quaternary nitrogens is 1. The summed E-state index contributed by atoms with van der Waals surface area (Å²) in [6, 6.07) is 9.13. The topological polar surface area (TPSA) is 54.0 Å². The fraction of sp³-hybridized carbons (Fsp3) is 0.471. The molecule has 126 valence electrons. The summed E-state index contributed by atoms with van der Waals surface area (Å²) in [7, 11) is 4.77. The van der Waals surface area contributed by atoms with E-state index in [2.05, 4.69) is 0 Å². The van der Waals surface area contributed by atoms with Crippen molar-refractivity contribution in [3.8, 4) is 0 Å². The lowest BCUT2D eigenvalue weighted by Crippen LogP contribution is -2.62. The number of hydrogen-bond acceptors (Lipinski definition) is 5. The summed E-state index contributed by atoms with van der Waals surface area (Å²) in [6.07, 6.45) is 1.19. The molecule has 1 aliphatic rings. The molecule has 23 heavy (non-hydrogen) atoms. The normalized spacial score (nSPS) is 25.2. The van der Waals surface area contributed by atoms with Gasteiger partial charge in [0.15, 0.2) is 5.78 Å². The van der Waals surface area contributed by atoms with Crippen molar-refractivity contribution in [3.05, 3.63) is 47.7 Å². The van der Waals surface area contributed by atoms with Crippen LogP contribution in [0.1, 0.15) is 10.4 Å². The highest BCUT2D eigenvalue weighted by atomic mass is 16.7. The molecule has 0 bridgehead atoms. The van der Waals surface area contributed by atoms with E-state index in [1.54, 1.807) is 26.4 Å². The molecule has 1 aromatic carbocycles. The maximum absolute atomic E-state index is 12.8. The van der Waals surface area contributed by atoms with E-state index in [1.165, 1.54) is 13.4 Å². The minimum Gasteiger partial charge on any atom is -0.504 e. The van der Waals surface area contributed by atoms with Crippen LogP contribution in [0.5, 0.6) is 0 Å². The van der Waals surface area contributed by atoms with Crippen LogP contribution in [-0.4, -0.2) is 64.3 Å². The van der Waals surface area contributed by atoms with Crippen LogP contribution in [-0.2, 0) is 19.0 Å². The van der Waals surface area contributed by atoms with Crippen LogP contribution in [0.25, 0.3) is 0 Å². The Labute approximate surface area is 136 Å². The number of morpholine rings is 1. The molecular formula is C17H24NO5+. The van der Waals surface area contributed by atoms with Gasteiger partial charge < -0.3 is 14.2 Å². The minimum absolute atomic E-state index is 0.0802. The highest BCUT2D eigenvalue weighted by molar-refractivity contribution is 6.08. The van der Waals surface area contributed by atoms with Gasteiger partial charge in [-0.2, -0.15) is 0 Å². The lowest BCUT2D eigenvalue weighted by atomic mass is 10.0. The van der Waals surface area contributed by atoms with Crippen LogP contribution in [0.15, 0.2) is 42.2 Å². The maximum Gasteiger partial charge on any atom is 0.247 e. The fourth-order valence-electron chi connectivity index (χ4n) is 2.77. The molecule has 0 spiro atoms. The molecular weight excluding hydrogens is 298 g/mol. The highest BCUT2D eigenvalue weighted by Crippen LogP contribution is 2.24. The Morgan fingerprint density at radius 2 is 2.04 bits per heavy atom. The maximum atomic E-state index is 12.8. The van der Waals surface area contributed by atoms with E-state index in [0.717, 1.165) is 0 Å². The molecule has 0 N–H and O–H groups in total. The zero-order valence-corrected chi connectivity index (χ0v) is 13.9. The van der Waals surface area contributed by atoms with E-state index in [4.69, 9.17) is 19.0 Å². The third-order valence-corrected chi connectivity index (χ3v) is 4.06. The number of hydroxylamine groups is 3. The number of rotatable bonds is 7. The first-order valence-corrected chi connectivity index (χ1v) is 7.51. The largest absolute Gasteiger partial charge is 0.504 e. The second-order valence-electron chi connectivity index (χ2n) is 5.36. The number of hydrogen-bond donors (Lipinski definition) is 0. The quantitative estimate of drug-likeness (QED) is 0.331. The number of benzene rings is 1. The number of ketones is 1. The van der Waals surface area contributed by atoms with Crippen molar-refractivity contribution in [3.63, 3.8) is 0 Å². The van der Waals surface area contributed by atoms with Gasteiger partial charge in [-0.05, 0) is 0 Å². The van der Waals surface area contributed by atoms with Gasteiger partial charge in [0.1, 0.15) is 19.7 Å². The molecule has 2 unspecified atom stereocenters. The third kappa shape index (κ3) is 3.97. The molecule has 6 heteroatoms. The number of methoxy groups -OCH3 is 2. The number of carbonyl (C=O) groups is 1. The molecule has 6 nitrogen and oxygen atoms in total. The van der Waals surface area contributed by atoms with Gasteiger partial charge >= 0.3 is 0 Å². The first-order chi connectivity index (χ1) is 11.2.